The molecular formula is C22H18N2O4. The quantitative estimate of drug-likeness (QED) is 0.626. The van der Waals surface area contributed by atoms with Crippen LogP contribution < -0.4 is 14.2 Å². The summed E-state index contributed by atoms with van der Waals surface area (Å²) in [6.45, 7) is 2.81. The minimum absolute atomic E-state index is 0.0617. The van der Waals surface area contributed by atoms with E-state index >= 15 is 0 Å². The van der Waals surface area contributed by atoms with Crippen LogP contribution in [0.1, 0.15) is 22.8 Å². The van der Waals surface area contributed by atoms with Crippen LogP contribution in [0.5, 0.6) is 17.2 Å². The van der Waals surface area contributed by atoms with E-state index in [0.29, 0.717) is 17.1 Å². The van der Waals surface area contributed by atoms with Crippen LogP contribution in [0.4, 0.5) is 0 Å². The second kappa shape index (κ2) is 7.12. The van der Waals surface area contributed by atoms with Crippen molar-refractivity contribution in [2.75, 3.05) is 13.7 Å². The molecule has 0 saturated heterocycles. The summed E-state index contributed by atoms with van der Waals surface area (Å²) in [5.74, 6) is 1.75. The third-order valence-corrected chi connectivity index (χ3v) is 4.69. The molecule has 6 heteroatoms. The minimum atomic E-state index is -0.179. The molecule has 0 saturated carbocycles. The molecular weight excluding hydrogens is 356 g/mol. The highest BCUT2D eigenvalue weighted by molar-refractivity contribution is 6.15. The maximum absolute atomic E-state index is 12.7. The number of nitriles is 1. The van der Waals surface area contributed by atoms with Crippen molar-refractivity contribution in [3.63, 3.8) is 0 Å². The molecule has 0 amide bonds. The van der Waals surface area contributed by atoms with E-state index in [0.717, 1.165) is 28.8 Å². The number of ether oxygens (including phenoxy) is 3. The number of fused-ring (bicyclic) bond motifs is 2. The highest BCUT2D eigenvalue weighted by Crippen LogP contribution is 2.36. The summed E-state index contributed by atoms with van der Waals surface area (Å²) in [7, 11) is 1.63. The van der Waals surface area contributed by atoms with Crippen LogP contribution in [-0.4, -0.2) is 24.1 Å². The van der Waals surface area contributed by atoms with Gasteiger partial charge in [-0.3, -0.25) is 4.79 Å². The summed E-state index contributed by atoms with van der Waals surface area (Å²) in [4.78, 5) is 12.7. The Bertz CT molecular complexity index is 1150. The van der Waals surface area contributed by atoms with Crippen molar-refractivity contribution in [3.05, 3.63) is 59.5 Å². The fraction of sp³-hybridized carbons (Fsp3) is 0.182. The lowest BCUT2D eigenvalue weighted by Gasteiger charge is -2.03. The van der Waals surface area contributed by atoms with E-state index in [2.05, 4.69) is 11.5 Å². The third kappa shape index (κ3) is 2.97. The number of allylic oxidation sites excluding steroid dienone is 1. The zero-order valence-corrected chi connectivity index (χ0v) is 15.6. The van der Waals surface area contributed by atoms with E-state index in [1.165, 1.54) is 0 Å². The van der Waals surface area contributed by atoms with Crippen molar-refractivity contribution in [3.8, 4) is 23.3 Å². The van der Waals surface area contributed by atoms with E-state index in [-0.39, 0.29) is 18.1 Å². The summed E-state index contributed by atoms with van der Waals surface area (Å²) < 4.78 is 18.5. The lowest BCUT2D eigenvalue weighted by molar-refractivity contribution is 0.101. The standard InChI is InChI=1S/C22H18N2O4/c1-3-24-13-14(18-11-15(26-2)5-7-19(18)24)10-21-22(25)17-6-4-16(27-9-8-23)12-20(17)28-21/h4-7,10-13H,3,9H2,1-2H3. The van der Waals surface area contributed by atoms with Gasteiger partial charge in [0.15, 0.2) is 12.4 Å². The molecule has 1 aliphatic rings. The predicted octanol–water partition coefficient (Wildman–Crippen LogP) is 4.19. The Morgan fingerprint density at radius 3 is 2.79 bits per heavy atom. The first-order valence-corrected chi connectivity index (χ1v) is 8.89. The topological polar surface area (TPSA) is 73.5 Å². The van der Waals surface area contributed by atoms with Gasteiger partial charge in [0, 0.05) is 35.3 Å². The van der Waals surface area contributed by atoms with Gasteiger partial charge in [-0.25, -0.2) is 0 Å². The molecule has 0 bridgehead atoms. The molecule has 140 valence electrons. The Labute approximate surface area is 162 Å². The molecule has 4 rings (SSSR count). The van der Waals surface area contributed by atoms with E-state index in [9.17, 15) is 4.79 Å². The van der Waals surface area contributed by atoms with Gasteiger partial charge < -0.3 is 18.8 Å². The van der Waals surface area contributed by atoms with Gasteiger partial charge in [0.05, 0.1) is 12.7 Å². The molecule has 0 fully saturated rings. The van der Waals surface area contributed by atoms with E-state index in [1.807, 2.05) is 30.5 Å². The summed E-state index contributed by atoms with van der Waals surface area (Å²) in [6, 6.07) is 12.7. The number of rotatable bonds is 5. The number of carbonyl (C=O) groups is 1. The molecule has 0 spiro atoms. The summed E-state index contributed by atoms with van der Waals surface area (Å²) in [6.07, 6.45) is 3.75. The maximum Gasteiger partial charge on any atom is 0.231 e. The maximum atomic E-state index is 12.7. The molecule has 2 aromatic carbocycles. The molecule has 0 atom stereocenters. The van der Waals surface area contributed by atoms with Gasteiger partial charge in [0.25, 0.3) is 0 Å². The molecule has 6 nitrogen and oxygen atoms in total. The first-order valence-electron chi connectivity index (χ1n) is 8.89. The van der Waals surface area contributed by atoms with Crippen molar-refractivity contribution in [2.24, 2.45) is 0 Å². The normalized spacial score (nSPS) is 14.0. The number of aromatic nitrogens is 1. The van der Waals surface area contributed by atoms with Gasteiger partial charge in [-0.05, 0) is 43.3 Å². The Balaban J connectivity index is 1.73. The fourth-order valence-corrected chi connectivity index (χ4v) is 3.32. The molecule has 28 heavy (non-hydrogen) atoms. The number of carbonyl (C=O) groups excluding carboxylic acids is 1. The number of Topliss-reactive ketones (excluding diaryl/α,β-unsaturated/α-hetero) is 1. The number of hydrogen-bond acceptors (Lipinski definition) is 5. The van der Waals surface area contributed by atoms with E-state index in [1.54, 1.807) is 31.4 Å². The van der Waals surface area contributed by atoms with Crippen LogP contribution in [0, 0.1) is 11.3 Å². The molecule has 0 radical (unpaired) electrons. The van der Waals surface area contributed by atoms with Crippen LogP contribution in [-0.2, 0) is 6.54 Å². The van der Waals surface area contributed by atoms with Crippen LogP contribution in [0.15, 0.2) is 48.4 Å². The monoisotopic (exact) mass is 374 g/mol. The molecule has 3 aromatic rings. The average Bonchev–Trinajstić information content (AvgIpc) is 3.23. The highest BCUT2D eigenvalue weighted by Gasteiger charge is 2.28. The number of ketones is 1. The summed E-state index contributed by atoms with van der Waals surface area (Å²) in [5, 5.41) is 9.62. The van der Waals surface area contributed by atoms with E-state index < -0.39 is 0 Å². The largest absolute Gasteiger partial charge is 0.497 e. The highest BCUT2D eigenvalue weighted by atomic mass is 16.5. The third-order valence-electron chi connectivity index (χ3n) is 4.69. The van der Waals surface area contributed by atoms with Crippen molar-refractivity contribution in [1.29, 1.82) is 5.26 Å². The number of nitrogens with zero attached hydrogens (tertiary/aromatic N) is 2. The van der Waals surface area contributed by atoms with Crippen LogP contribution in [0.25, 0.3) is 17.0 Å². The fourth-order valence-electron chi connectivity index (χ4n) is 3.32. The number of aryl methyl sites for hydroxylation is 1. The Kier molecular flexibility index (Phi) is 4.50. The Morgan fingerprint density at radius 1 is 1.21 bits per heavy atom. The van der Waals surface area contributed by atoms with Crippen LogP contribution in [0.2, 0.25) is 0 Å². The first kappa shape index (κ1) is 17.7. The SMILES string of the molecule is CCn1cc(C=C2Oc3cc(OCC#N)ccc3C2=O)c2cc(OC)ccc21. The zero-order valence-electron chi connectivity index (χ0n) is 15.6. The first-order chi connectivity index (χ1) is 13.6. The van der Waals surface area contributed by atoms with Crippen LogP contribution >= 0.6 is 0 Å². The average molecular weight is 374 g/mol. The van der Waals surface area contributed by atoms with Gasteiger partial charge in [-0.1, -0.05) is 0 Å². The number of hydrogen-bond donors (Lipinski definition) is 0. The van der Waals surface area contributed by atoms with Crippen molar-refractivity contribution >= 4 is 22.8 Å². The molecule has 0 unspecified atom stereocenters. The van der Waals surface area contributed by atoms with Gasteiger partial charge >= 0.3 is 0 Å². The van der Waals surface area contributed by atoms with Gasteiger partial charge in [-0.2, -0.15) is 5.26 Å². The Morgan fingerprint density at radius 2 is 2.04 bits per heavy atom. The molecule has 0 N–H and O–H groups in total. The lowest BCUT2D eigenvalue weighted by Crippen LogP contribution is -1.98. The summed E-state index contributed by atoms with van der Waals surface area (Å²) in [5.41, 5.74) is 2.42. The predicted molar refractivity (Wildman–Crippen MR) is 105 cm³/mol. The van der Waals surface area contributed by atoms with Crippen molar-refractivity contribution in [1.82, 2.24) is 4.57 Å². The van der Waals surface area contributed by atoms with Gasteiger partial charge in [0.1, 0.15) is 23.3 Å². The van der Waals surface area contributed by atoms with Gasteiger partial charge in [0.2, 0.25) is 5.78 Å². The molecule has 2 heterocycles. The summed E-state index contributed by atoms with van der Waals surface area (Å²) >= 11 is 0. The molecule has 1 aromatic heterocycles. The molecule has 1 aliphatic heterocycles. The van der Waals surface area contributed by atoms with Gasteiger partial charge in [-0.15, -0.1) is 0 Å². The van der Waals surface area contributed by atoms with Crippen molar-refractivity contribution < 1.29 is 19.0 Å². The molecule has 0 aliphatic carbocycles. The zero-order chi connectivity index (χ0) is 19.7. The number of benzene rings is 2. The second-order valence-corrected chi connectivity index (χ2v) is 6.30. The number of methoxy groups -OCH3 is 1. The van der Waals surface area contributed by atoms with Crippen LogP contribution in [0.3, 0.4) is 0 Å². The van der Waals surface area contributed by atoms with E-state index in [4.69, 9.17) is 19.5 Å². The lowest BCUT2D eigenvalue weighted by atomic mass is 10.1. The smallest absolute Gasteiger partial charge is 0.231 e. The van der Waals surface area contributed by atoms with Crippen molar-refractivity contribution in [2.45, 2.75) is 13.5 Å². The Hall–Kier alpha value is -3.72. The second-order valence-electron chi connectivity index (χ2n) is 6.30. The minimum Gasteiger partial charge on any atom is -0.497 e.